The van der Waals surface area contributed by atoms with Crippen molar-refractivity contribution in [1.29, 1.82) is 0 Å². The first kappa shape index (κ1) is 16.3. The van der Waals surface area contributed by atoms with Crippen LogP contribution in [-0.2, 0) is 9.59 Å². The highest BCUT2D eigenvalue weighted by molar-refractivity contribution is 6.04. The number of nitrogens with one attached hydrogen (secondary N) is 3. The van der Waals surface area contributed by atoms with E-state index >= 15 is 0 Å². The van der Waals surface area contributed by atoms with Gasteiger partial charge in [-0.1, -0.05) is 18.2 Å². The fourth-order valence-corrected chi connectivity index (χ4v) is 3.28. The van der Waals surface area contributed by atoms with Gasteiger partial charge in [-0.15, -0.1) is 0 Å². The molecule has 1 aromatic carbocycles. The van der Waals surface area contributed by atoms with Crippen LogP contribution in [-0.4, -0.2) is 44.0 Å². The Balaban J connectivity index is 1.49. The van der Waals surface area contributed by atoms with Crippen molar-refractivity contribution < 1.29 is 14.4 Å². The first-order chi connectivity index (χ1) is 11.5. The van der Waals surface area contributed by atoms with Crippen molar-refractivity contribution in [3.63, 3.8) is 0 Å². The predicted octanol–water partition coefficient (Wildman–Crippen LogP) is 0.715. The summed E-state index contributed by atoms with van der Waals surface area (Å²) >= 11 is 0. The molecule has 0 spiro atoms. The van der Waals surface area contributed by atoms with E-state index in [0.29, 0.717) is 18.9 Å². The molecule has 3 rings (SSSR count). The molecule has 4 amide bonds. The molecular formula is C17H22N4O3. The van der Waals surface area contributed by atoms with Crippen LogP contribution in [0.1, 0.15) is 30.7 Å². The van der Waals surface area contributed by atoms with E-state index in [4.69, 9.17) is 0 Å². The van der Waals surface area contributed by atoms with Gasteiger partial charge in [0.1, 0.15) is 6.04 Å². The molecule has 2 heterocycles. The monoisotopic (exact) mass is 330 g/mol. The van der Waals surface area contributed by atoms with Crippen LogP contribution >= 0.6 is 0 Å². The summed E-state index contributed by atoms with van der Waals surface area (Å²) in [7, 11) is 2.08. The van der Waals surface area contributed by atoms with Gasteiger partial charge in [0.15, 0.2) is 0 Å². The SMILES string of the molecule is CN1CC[C@H](CNC(=O)CC[C@H]2NC(=O)NC2=O)c2ccccc21. The summed E-state index contributed by atoms with van der Waals surface area (Å²) in [6.45, 7) is 1.55. The Labute approximate surface area is 140 Å². The topological polar surface area (TPSA) is 90.5 Å². The number of hydrogen-bond acceptors (Lipinski definition) is 4. The minimum absolute atomic E-state index is 0.0969. The number of imide groups is 1. The maximum Gasteiger partial charge on any atom is 0.322 e. The quantitative estimate of drug-likeness (QED) is 0.694. The van der Waals surface area contributed by atoms with Gasteiger partial charge < -0.3 is 15.5 Å². The van der Waals surface area contributed by atoms with Crippen LogP contribution in [0.3, 0.4) is 0 Å². The van der Waals surface area contributed by atoms with Crippen LogP contribution in [0.4, 0.5) is 10.5 Å². The number of benzene rings is 1. The van der Waals surface area contributed by atoms with Crippen LogP contribution < -0.4 is 20.9 Å². The van der Waals surface area contributed by atoms with Gasteiger partial charge in [0.05, 0.1) is 0 Å². The van der Waals surface area contributed by atoms with E-state index in [1.54, 1.807) is 0 Å². The number of para-hydroxylation sites is 1. The van der Waals surface area contributed by atoms with Gasteiger partial charge in [0.2, 0.25) is 5.91 Å². The molecule has 3 N–H and O–H groups in total. The molecule has 128 valence electrons. The Hall–Kier alpha value is -2.57. The lowest BCUT2D eigenvalue weighted by Gasteiger charge is -2.33. The highest BCUT2D eigenvalue weighted by Crippen LogP contribution is 2.33. The summed E-state index contributed by atoms with van der Waals surface area (Å²) in [5, 5.41) is 7.62. The largest absolute Gasteiger partial charge is 0.374 e. The summed E-state index contributed by atoms with van der Waals surface area (Å²) in [5.41, 5.74) is 2.47. The summed E-state index contributed by atoms with van der Waals surface area (Å²) in [6.07, 6.45) is 1.52. The van der Waals surface area contributed by atoms with E-state index in [2.05, 4.69) is 40.0 Å². The van der Waals surface area contributed by atoms with Crippen LogP contribution in [0.15, 0.2) is 24.3 Å². The molecule has 2 aliphatic rings. The lowest BCUT2D eigenvalue weighted by molar-refractivity contribution is -0.122. The van der Waals surface area contributed by atoms with E-state index in [0.717, 1.165) is 13.0 Å². The van der Waals surface area contributed by atoms with E-state index in [1.807, 2.05) is 12.1 Å². The Kier molecular flexibility index (Phi) is 4.69. The maximum atomic E-state index is 12.0. The van der Waals surface area contributed by atoms with Crippen molar-refractivity contribution >= 4 is 23.5 Å². The molecule has 0 radical (unpaired) electrons. The molecule has 7 nitrogen and oxygen atoms in total. The number of rotatable bonds is 5. The van der Waals surface area contributed by atoms with Crippen molar-refractivity contribution in [1.82, 2.24) is 16.0 Å². The van der Waals surface area contributed by atoms with Gasteiger partial charge in [0, 0.05) is 38.2 Å². The molecular weight excluding hydrogens is 308 g/mol. The molecule has 0 unspecified atom stereocenters. The molecule has 0 aliphatic carbocycles. The third-order valence-electron chi connectivity index (χ3n) is 4.67. The highest BCUT2D eigenvalue weighted by Gasteiger charge is 2.29. The van der Waals surface area contributed by atoms with Gasteiger partial charge in [0.25, 0.3) is 5.91 Å². The number of hydrogen-bond donors (Lipinski definition) is 3. The molecule has 2 aliphatic heterocycles. The molecule has 0 aromatic heterocycles. The highest BCUT2D eigenvalue weighted by atomic mass is 16.2. The van der Waals surface area contributed by atoms with Crippen LogP contribution in [0.25, 0.3) is 0 Å². The number of carbonyl (C=O) groups is 3. The fraction of sp³-hybridized carbons (Fsp3) is 0.471. The minimum Gasteiger partial charge on any atom is -0.374 e. The van der Waals surface area contributed by atoms with Gasteiger partial charge in [-0.3, -0.25) is 14.9 Å². The second-order valence-corrected chi connectivity index (χ2v) is 6.32. The van der Waals surface area contributed by atoms with Gasteiger partial charge in [-0.25, -0.2) is 4.79 Å². The fourth-order valence-electron chi connectivity index (χ4n) is 3.28. The smallest absolute Gasteiger partial charge is 0.322 e. The Morgan fingerprint density at radius 3 is 2.88 bits per heavy atom. The first-order valence-electron chi connectivity index (χ1n) is 8.22. The molecule has 1 aromatic rings. The number of carbonyl (C=O) groups excluding carboxylic acids is 3. The summed E-state index contributed by atoms with van der Waals surface area (Å²) in [5.74, 6) is -0.159. The second kappa shape index (κ2) is 6.90. The number of fused-ring (bicyclic) bond motifs is 1. The van der Waals surface area contributed by atoms with Crippen molar-refractivity contribution in [2.45, 2.75) is 31.2 Å². The lowest BCUT2D eigenvalue weighted by atomic mass is 9.90. The average Bonchev–Trinajstić information content (AvgIpc) is 2.90. The van der Waals surface area contributed by atoms with Crippen LogP contribution in [0.5, 0.6) is 0 Å². The summed E-state index contributed by atoms with van der Waals surface area (Å²) in [6, 6.07) is 7.16. The zero-order valence-corrected chi connectivity index (χ0v) is 13.7. The summed E-state index contributed by atoms with van der Waals surface area (Å²) in [4.78, 5) is 36.7. The van der Waals surface area contributed by atoms with Crippen LogP contribution in [0.2, 0.25) is 0 Å². The minimum atomic E-state index is -0.604. The number of anilines is 1. The van der Waals surface area contributed by atoms with E-state index in [9.17, 15) is 14.4 Å². The second-order valence-electron chi connectivity index (χ2n) is 6.32. The molecule has 1 saturated heterocycles. The standard InChI is InChI=1S/C17H22N4O3/c1-21-9-8-11(12-4-2-3-5-14(12)21)10-18-15(22)7-6-13-16(23)20-17(24)19-13/h2-5,11,13H,6-10H2,1H3,(H,18,22)(H2,19,20,23,24)/t11-,13-/m1/s1. The maximum absolute atomic E-state index is 12.0. The normalized spacial score (nSPS) is 22.6. The summed E-state index contributed by atoms with van der Waals surface area (Å²) < 4.78 is 0. The molecule has 1 fully saturated rings. The number of urea groups is 1. The van der Waals surface area contributed by atoms with Crippen molar-refractivity contribution in [3.8, 4) is 0 Å². The molecule has 7 heteroatoms. The van der Waals surface area contributed by atoms with Gasteiger partial charge in [-0.05, 0) is 24.5 Å². The van der Waals surface area contributed by atoms with E-state index in [-0.39, 0.29) is 18.2 Å². The molecule has 0 bridgehead atoms. The van der Waals surface area contributed by atoms with Crippen molar-refractivity contribution in [2.24, 2.45) is 0 Å². The molecule has 0 saturated carbocycles. The predicted molar refractivity (Wildman–Crippen MR) is 89.8 cm³/mol. The zero-order valence-electron chi connectivity index (χ0n) is 13.7. The molecule has 2 atom stereocenters. The first-order valence-corrected chi connectivity index (χ1v) is 8.22. The van der Waals surface area contributed by atoms with E-state index < -0.39 is 12.1 Å². The van der Waals surface area contributed by atoms with Crippen molar-refractivity contribution in [2.75, 3.05) is 25.0 Å². The van der Waals surface area contributed by atoms with E-state index in [1.165, 1.54) is 11.3 Å². The Morgan fingerprint density at radius 1 is 1.33 bits per heavy atom. The Morgan fingerprint density at radius 2 is 2.12 bits per heavy atom. The number of amides is 4. The average molecular weight is 330 g/mol. The zero-order chi connectivity index (χ0) is 17.1. The van der Waals surface area contributed by atoms with Crippen molar-refractivity contribution in [3.05, 3.63) is 29.8 Å². The number of nitrogens with zero attached hydrogens (tertiary/aromatic N) is 1. The third kappa shape index (κ3) is 3.50. The van der Waals surface area contributed by atoms with Crippen LogP contribution in [0, 0.1) is 0 Å². The Bertz CT molecular complexity index is 661. The van der Waals surface area contributed by atoms with Gasteiger partial charge >= 0.3 is 6.03 Å². The third-order valence-corrected chi connectivity index (χ3v) is 4.67. The van der Waals surface area contributed by atoms with Gasteiger partial charge in [-0.2, -0.15) is 0 Å². The molecule has 24 heavy (non-hydrogen) atoms. The lowest BCUT2D eigenvalue weighted by Crippen LogP contribution is -2.35.